The molecule has 1 rings (SSSR count). The van der Waals surface area contributed by atoms with Gasteiger partial charge in [0.15, 0.2) is 0 Å². The van der Waals surface area contributed by atoms with Gasteiger partial charge in [-0.2, -0.15) is 5.26 Å². The number of aliphatic hydroxyl groups excluding tert-OH is 1. The molecule has 0 aliphatic rings. The predicted octanol–water partition coefficient (Wildman–Crippen LogP) is 1.90. The van der Waals surface area contributed by atoms with Gasteiger partial charge in [0.2, 0.25) is 0 Å². The first-order chi connectivity index (χ1) is 5.79. The summed E-state index contributed by atoms with van der Waals surface area (Å²) in [5.41, 5.74) is 1.44. The first-order valence-electron chi connectivity index (χ1n) is 3.53. The summed E-state index contributed by atoms with van der Waals surface area (Å²) in [7, 11) is 0. The van der Waals surface area contributed by atoms with Crippen molar-refractivity contribution < 1.29 is 5.11 Å². The molecule has 0 amide bonds. The lowest BCUT2D eigenvalue weighted by Gasteiger charge is -2.03. The lowest BCUT2D eigenvalue weighted by molar-refractivity contribution is 0.282. The van der Waals surface area contributed by atoms with E-state index >= 15 is 0 Å². The molecule has 0 saturated carbocycles. The Morgan fingerprint density at radius 1 is 1.42 bits per heavy atom. The first kappa shape index (κ1) is 9.05. The van der Waals surface area contributed by atoms with Gasteiger partial charge in [0.1, 0.15) is 0 Å². The highest BCUT2D eigenvalue weighted by atomic mass is 35.5. The smallest absolute Gasteiger partial charge is 0.0696 e. The van der Waals surface area contributed by atoms with E-state index in [-0.39, 0.29) is 13.0 Å². The van der Waals surface area contributed by atoms with Gasteiger partial charge in [-0.15, -0.1) is 0 Å². The van der Waals surface area contributed by atoms with Crippen molar-refractivity contribution in [2.24, 2.45) is 0 Å². The third-order valence-corrected chi connectivity index (χ3v) is 2.08. The van der Waals surface area contributed by atoms with Gasteiger partial charge in [0, 0.05) is 0 Å². The second-order valence-corrected chi connectivity index (χ2v) is 2.76. The normalized spacial score (nSPS) is 9.42. The fourth-order valence-corrected chi connectivity index (χ4v) is 1.23. The SMILES string of the molecule is N#CCc1cccc(CO)c1Cl. The minimum Gasteiger partial charge on any atom is -0.392 e. The summed E-state index contributed by atoms with van der Waals surface area (Å²) >= 11 is 5.88. The highest BCUT2D eigenvalue weighted by Gasteiger charge is 2.03. The Morgan fingerprint density at radius 2 is 2.08 bits per heavy atom. The maximum absolute atomic E-state index is 8.84. The number of nitriles is 1. The van der Waals surface area contributed by atoms with Crippen LogP contribution in [0.1, 0.15) is 11.1 Å². The Hall–Kier alpha value is -1.04. The van der Waals surface area contributed by atoms with E-state index in [1.54, 1.807) is 18.2 Å². The molecular weight excluding hydrogens is 174 g/mol. The minimum absolute atomic E-state index is 0.0852. The minimum atomic E-state index is -0.0852. The molecular formula is C9H8ClNO. The number of benzene rings is 1. The molecule has 0 fully saturated rings. The van der Waals surface area contributed by atoms with Crippen LogP contribution >= 0.6 is 11.6 Å². The number of halogens is 1. The van der Waals surface area contributed by atoms with Crippen LogP contribution in [-0.2, 0) is 13.0 Å². The van der Waals surface area contributed by atoms with E-state index in [2.05, 4.69) is 0 Å². The fraction of sp³-hybridized carbons (Fsp3) is 0.222. The van der Waals surface area contributed by atoms with E-state index in [9.17, 15) is 0 Å². The van der Waals surface area contributed by atoms with Crippen molar-refractivity contribution in [2.75, 3.05) is 0 Å². The average molecular weight is 182 g/mol. The maximum atomic E-state index is 8.84. The van der Waals surface area contributed by atoms with Crippen molar-refractivity contribution in [1.29, 1.82) is 5.26 Å². The highest BCUT2D eigenvalue weighted by Crippen LogP contribution is 2.21. The van der Waals surface area contributed by atoms with Crippen molar-refractivity contribution in [1.82, 2.24) is 0 Å². The molecule has 0 atom stereocenters. The van der Waals surface area contributed by atoms with Crippen LogP contribution in [0.5, 0.6) is 0 Å². The van der Waals surface area contributed by atoms with Crippen molar-refractivity contribution in [3.05, 3.63) is 34.3 Å². The summed E-state index contributed by atoms with van der Waals surface area (Å²) in [6, 6.07) is 7.31. The standard InChI is InChI=1S/C9H8ClNO/c10-9-7(4-5-11)2-1-3-8(9)6-12/h1-3,12H,4,6H2. The molecule has 1 aromatic carbocycles. The van der Waals surface area contributed by atoms with Crippen LogP contribution in [-0.4, -0.2) is 5.11 Å². The van der Waals surface area contributed by atoms with Gasteiger partial charge in [-0.3, -0.25) is 0 Å². The van der Waals surface area contributed by atoms with E-state index in [0.717, 1.165) is 5.56 Å². The van der Waals surface area contributed by atoms with Crippen LogP contribution < -0.4 is 0 Å². The Balaban J connectivity index is 3.07. The molecule has 0 spiro atoms. The van der Waals surface area contributed by atoms with E-state index < -0.39 is 0 Å². The van der Waals surface area contributed by atoms with Crippen LogP contribution in [0.2, 0.25) is 5.02 Å². The van der Waals surface area contributed by atoms with Gasteiger partial charge in [0.25, 0.3) is 0 Å². The second-order valence-electron chi connectivity index (χ2n) is 2.38. The quantitative estimate of drug-likeness (QED) is 0.758. The lowest BCUT2D eigenvalue weighted by Crippen LogP contribution is -1.90. The Morgan fingerprint density at radius 3 is 2.67 bits per heavy atom. The van der Waals surface area contributed by atoms with Gasteiger partial charge in [-0.25, -0.2) is 0 Å². The Bertz CT molecular complexity index is 317. The van der Waals surface area contributed by atoms with E-state index in [1.165, 1.54) is 0 Å². The highest BCUT2D eigenvalue weighted by molar-refractivity contribution is 6.32. The number of rotatable bonds is 2. The maximum Gasteiger partial charge on any atom is 0.0696 e. The topological polar surface area (TPSA) is 44.0 Å². The summed E-state index contributed by atoms with van der Waals surface area (Å²) in [5, 5.41) is 17.8. The molecule has 0 aliphatic carbocycles. The van der Waals surface area contributed by atoms with E-state index in [1.807, 2.05) is 6.07 Å². The number of hydrogen-bond donors (Lipinski definition) is 1. The molecule has 0 bridgehead atoms. The van der Waals surface area contributed by atoms with Crippen LogP contribution in [0.3, 0.4) is 0 Å². The van der Waals surface area contributed by atoms with Crippen LogP contribution in [0.4, 0.5) is 0 Å². The number of aliphatic hydroxyl groups is 1. The zero-order valence-electron chi connectivity index (χ0n) is 6.42. The van der Waals surface area contributed by atoms with Crippen molar-refractivity contribution in [3.8, 4) is 6.07 Å². The third kappa shape index (κ3) is 1.76. The van der Waals surface area contributed by atoms with Gasteiger partial charge < -0.3 is 5.11 Å². The summed E-state index contributed by atoms with van der Waals surface area (Å²) in [6.45, 7) is -0.0852. The summed E-state index contributed by atoms with van der Waals surface area (Å²) in [6.07, 6.45) is 0.284. The fourth-order valence-electron chi connectivity index (χ4n) is 0.977. The number of nitrogens with zero attached hydrogens (tertiary/aromatic N) is 1. The monoisotopic (exact) mass is 181 g/mol. The summed E-state index contributed by atoms with van der Waals surface area (Å²) in [4.78, 5) is 0. The van der Waals surface area contributed by atoms with Crippen LogP contribution in [0, 0.1) is 11.3 Å². The number of hydrogen-bond acceptors (Lipinski definition) is 2. The largest absolute Gasteiger partial charge is 0.392 e. The molecule has 1 N–H and O–H groups in total. The Kier molecular flexibility index (Phi) is 3.09. The predicted molar refractivity (Wildman–Crippen MR) is 46.7 cm³/mol. The molecule has 0 aromatic heterocycles. The summed E-state index contributed by atoms with van der Waals surface area (Å²) < 4.78 is 0. The zero-order chi connectivity index (χ0) is 8.97. The molecule has 62 valence electrons. The molecule has 0 radical (unpaired) electrons. The van der Waals surface area contributed by atoms with Crippen molar-refractivity contribution in [2.45, 2.75) is 13.0 Å². The second kappa shape index (κ2) is 4.10. The Labute approximate surface area is 76.0 Å². The molecule has 0 unspecified atom stereocenters. The first-order valence-corrected chi connectivity index (χ1v) is 3.91. The molecule has 0 saturated heterocycles. The molecule has 2 nitrogen and oxygen atoms in total. The van der Waals surface area contributed by atoms with Gasteiger partial charge in [-0.1, -0.05) is 29.8 Å². The molecule has 3 heteroatoms. The van der Waals surface area contributed by atoms with Gasteiger partial charge in [0.05, 0.1) is 24.1 Å². The lowest BCUT2D eigenvalue weighted by atomic mass is 10.1. The molecule has 0 heterocycles. The van der Waals surface area contributed by atoms with E-state index in [0.29, 0.717) is 10.6 Å². The average Bonchev–Trinajstić information content (AvgIpc) is 2.09. The van der Waals surface area contributed by atoms with Gasteiger partial charge >= 0.3 is 0 Å². The molecule has 12 heavy (non-hydrogen) atoms. The van der Waals surface area contributed by atoms with Crippen LogP contribution in [0.25, 0.3) is 0 Å². The van der Waals surface area contributed by atoms with Crippen LogP contribution in [0.15, 0.2) is 18.2 Å². The van der Waals surface area contributed by atoms with E-state index in [4.69, 9.17) is 22.0 Å². The summed E-state index contributed by atoms with van der Waals surface area (Å²) in [5.74, 6) is 0. The molecule has 0 aliphatic heterocycles. The van der Waals surface area contributed by atoms with Gasteiger partial charge in [-0.05, 0) is 11.1 Å². The third-order valence-electron chi connectivity index (χ3n) is 1.60. The van der Waals surface area contributed by atoms with Crippen molar-refractivity contribution in [3.63, 3.8) is 0 Å². The van der Waals surface area contributed by atoms with Crippen molar-refractivity contribution >= 4 is 11.6 Å². The zero-order valence-corrected chi connectivity index (χ0v) is 7.17. The molecule has 1 aromatic rings.